The predicted molar refractivity (Wildman–Crippen MR) is 44.7 cm³/mol. The van der Waals surface area contributed by atoms with E-state index in [1.54, 1.807) is 6.92 Å². The Labute approximate surface area is 79.4 Å². The molecule has 0 aliphatic carbocycles. The molecule has 0 aliphatic rings. The summed E-state index contributed by atoms with van der Waals surface area (Å²) in [4.78, 5) is 3.76. The molecule has 78 valence electrons. The summed E-state index contributed by atoms with van der Waals surface area (Å²) in [7, 11) is 0. The first-order valence-corrected chi connectivity index (χ1v) is 4.09. The molecule has 0 amide bonds. The van der Waals surface area contributed by atoms with E-state index < -0.39 is 11.7 Å². The Kier molecular flexibility index (Phi) is 3.10. The molecule has 1 unspecified atom stereocenters. The van der Waals surface area contributed by atoms with Crippen molar-refractivity contribution in [3.8, 4) is 0 Å². The lowest BCUT2D eigenvalue weighted by molar-refractivity contribution is -0.137. The molecule has 0 spiro atoms. The van der Waals surface area contributed by atoms with E-state index >= 15 is 0 Å². The summed E-state index contributed by atoms with van der Waals surface area (Å²) in [5.74, 6) is -0.378. The van der Waals surface area contributed by atoms with Crippen molar-refractivity contribution < 1.29 is 18.3 Å². The number of nitrogens with zero attached hydrogens (tertiary/aromatic N) is 1. The van der Waals surface area contributed by atoms with Gasteiger partial charge in [-0.15, -0.1) is 0 Å². The van der Waals surface area contributed by atoms with E-state index in [0.717, 1.165) is 18.3 Å². The Morgan fingerprint density at radius 1 is 1.50 bits per heavy atom. The number of hydrogen-bond acceptors (Lipinski definition) is 2. The maximum absolute atomic E-state index is 12.2. The van der Waals surface area contributed by atoms with Gasteiger partial charge in [0.05, 0.1) is 12.2 Å². The monoisotopic (exact) mass is 205 g/mol. The number of alkyl halides is 3. The summed E-state index contributed by atoms with van der Waals surface area (Å²) < 4.78 is 36.7. The Hall–Kier alpha value is -1.10. The van der Waals surface area contributed by atoms with Crippen molar-refractivity contribution in [1.82, 2.24) is 4.98 Å². The molecule has 0 saturated heterocycles. The predicted octanol–water partition coefficient (Wildman–Crippen LogP) is 2.20. The normalized spacial score (nSPS) is 14.1. The standard InChI is InChI=1S/C9H10F3NO/c1-6(5-14)8-4-7(2-3-13-8)9(10,11)12/h2-4,6,14H,5H2,1H3. The van der Waals surface area contributed by atoms with Gasteiger partial charge in [-0.3, -0.25) is 4.98 Å². The van der Waals surface area contributed by atoms with Crippen molar-refractivity contribution in [1.29, 1.82) is 0 Å². The molecule has 0 bridgehead atoms. The van der Waals surface area contributed by atoms with Crippen molar-refractivity contribution in [2.24, 2.45) is 0 Å². The van der Waals surface area contributed by atoms with Gasteiger partial charge in [0.25, 0.3) is 0 Å². The van der Waals surface area contributed by atoms with E-state index in [9.17, 15) is 13.2 Å². The fourth-order valence-electron chi connectivity index (χ4n) is 0.988. The van der Waals surface area contributed by atoms with E-state index in [4.69, 9.17) is 5.11 Å². The third-order valence-electron chi connectivity index (χ3n) is 1.89. The molecule has 1 heterocycles. The first-order chi connectivity index (χ1) is 6.45. The van der Waals surface area contributed by atoms with Gasteiger partial charge in [-0.1, -0.05) is 6.92 Å². The van der Waals surface area contributed by atoms with Crippen molar-refractivity contribution in [2.45, 2.75) is 19.0 Å². The molecule has 0 fully saturated rings. The van der Waals surface area contributed by atoms with E-state index in [0.29, 0.717) is 0 Å². The van der Waals surface area contributed by atoms with Crippen molar-refractivity contribution in [2.75, 3.05) is 6.61 Å². The van der Waals surface area contributed by atoms with Crippen LogP contribution < -0.4 is 0 Å². The quantitative estimate of drug-likeness (QED) is 0.802. The van der Waals surface area contributed by atoms with Gasteiger partial charge in [-0.2, -0.15) is 13.2 Å². The van der Waals surface area contributed by atoms with Crippen LogP contribution in [0.5, 0.6) is 0 Å². The summed E-state index contributed by atoms with van der Waals surface area (Å²) in [6.45, 7) is 1.40. The Morgan fingerprint density at radius 3 is 2.64 bits per heavy atom. The highest BCUT2D eigenvalue weighted by Gasteiger charge is 2.30. The number of rotatable bonds is 2. The van der Waals surface area contributed by atoms with E-state index in [1.165, 1.54) is 0 Å². The molecule has 1 N–H and O–H groups in total. The van der Waals surface area contributed by atoms with Crippen LogP contribution in [-0.4, -0.2) is 16.7 Å². The van der Waals surface area contributed by atoms with Crippen LogP contribution in [0.1, 0.15) is 24.1 Å². The van der Waals surface area contributed by atoms with Gasteiger partial charge in [-0.05, 0) is 12.1 Å². The second kappa shape index (κ2) is 3.96. The van der Waals surface area contributed by atoms with Crippen molar-refractivity contribution >= 4 is 0 Å². The number of pyridine rings is 1. The van der Waals surface area contributed by atoms with Crippen LogP contribution in [0.4, 0.5) is 13.2 Å². The molecule has 1 aromatic rings. The van der Waals surface area contributed by atoms with Crippen LogP contribution in [0.2, 0.25) is 0 Å². The molecule has 0 radical (unpaired) electrons. The average Bonchev–Trinajstić information content (AvgIpc) is 2.15. The van der Waals surface area contributed by atoms with E-state index in [-0.39, 0.29) is 18.2 Å². The summed E-state index contributed by atoms with van der Waals surface area (Å²) in [5.41, 5.74) is -0.481. The zero-order valence-electron chi connectivity index (χ0n) is 7.54. The third-order valence-corrected chi connectivity index (χ3v) is 1.89. The number of aliphatic hydroxyl groups is 1. The van der Waals surface area contributed by atoms with Crippen LogP contribution in [0.3, 0.4) is 0 Å². The van der Waals surface area contributed by atoms with Gasteiger partial charge in [0, 0.05) is 17.8 Å². The summed E-state index contributed by atoms with van der Waals surface area (Å²) in [6, 6.07) is 1.87. The minimum Gasteiger partial charge on any atom is -0.396 e. The minimum absolute atomic E-state index is 0.214. The molecule has 0 aliphatic heterocycles. The zero-order chi connectivity index (χ0) is 10.8. The van der Waals surface area contributed by atoms with Crippen LogP contribution in [0.15, 0.2) is 18.3 Å². The number of aromatic nitrogens is 1. The lowest BCUT2D eigenvalue weighted by Gasteiger charge is -2.10. The SMILES string of the molecule is CC(CO)c1cc(C(F)(F)F)ccn1. The zero-order valence-corrected chi connectivity index (χ0v) is 7.54. The van der Waals surface area contributed by atoms with E-state index in [1.807, 2.05) is 0 Å². The average molecular weight is 205 g/mol. The minimum atomic E-state index is -4.35. The number of halogens is 3. The van der Waals surface area contributed by atoms with Gasteiger partial charge in [0.15, 0.2) is 0 Å². The maximum atomic E-state index is 12.2. The molecule has 5 heteroatoms. The smallest absolute Gasteiger partial charge is 0.396 e. The molecular weight excluding hydrogens is 195 g/mol. The highest BCUT2D eigenvalue weighted by molar-refractivity contribution is 5.21. The second-order valence-corrected chi connectivity index (χ2v) is 3.05. The first kappa shape index (κ1) is 11.0. The molecule has 2 nitrogen and oxygen atoms in total. The lowest BCUT2D eigenvalue weighted by atomic mass is 10.1. The van der Waals surface area contributed by atoms with Crippen LogP contribution in [0.25, 0.3) is 0 Å². The molecule has 0 aromatic carbocycles. The molecule has 1 rings (SSSR count). The fourth-order valence-corrected chi connectivity index (χ4v) is 0.988. The largest absolute Gasteiger partial charge is 0.416 e. The molecule has 1 aromatic heterocycles. The van der Waals surface area contributed by atoms with Crippen LogP contribution in [0, 0.1) is 0 Å². The Balaban J connectivity index is 3.01. The van der Waals surface area contributed by atoms with Crippen molar-refractivity contribution in [3.05, 3.63) is 29.6 Å². The summed E-state index contributed by atoms with van der Waals surface area (Å²) >= 11 is 0. The maximum Gasteiger partial charge on any atom is 0.416 e. The van der Waals surface area contributed by atoms with Crippen LogP contribution >= 0.6 is 0 Å². The lowest BCUT2D eigenvalue weighted by Crippen LogP contribution is -2.08. The Bertz CT molecular complexity index is 311. The molecule has 0 saturated carbocycles. The second-order valence-electron chi connectivity index (χ2n) is 3.05. The number of hydrogen-bond donors (Lipinski definition) is 1. The van der Waals surface area contributed by atoms with Gasteiger partial charge in [0.1, 0.15) is 0 Å². The van der Waals surface area contributed by atoms with Crippen molar-refractivity contribution in [3.63, 3.8) is 0 Å². The van der Waals surface area contributed by atoms with Gasteiger partial charge >= 0.3 is 6.18 Å². The van der Waals surface area contributed by atoms with Gasteiger partial charge < -0.3 is 5.11 Å². The molecule has 1 atom stereocenters. The van der Waals surface area contributed by atoms with Gasteiger partial charge in [0.2, 0.25) is 0 Å². The van der Waals surface area contributed by atoms with Gasteiger partial charge in [-0.25, -0.2) is 0 Å². The summed E-state index contributed by atoms with van der Waals surface area (Å²) in [6.07, 6.45) is -3.25. The van der Waals surface area contributed by atoms with Crippen LogP contribution in [-0.2, 0) is 6.18 Å². The first-order valence-electron chi connectivity index (χ1n) is 4.09. The Morgan fingerprint density at radius 2 is 2.14 bits per heavy atom. The summed E-state index contributed by atoms with van der Waals surface area (Å²) in [5, 5.41) is 8.76. The van der Waals surface area contributed by atoms with E-state index in [2.05, 4.69) is 4.98 Å². The fraction of sp³-hybridized carbons (Fsp3) is 0.444. The number of aliphatic hydroxyl groups excluding tert-OH is 1. The highest BCUT2D eigenvalue weighted by atomic mass is 19.4. The molecule has 14 heavy (non-hydrogen) atoms. The topological polar surface area (TPSA) is 33.1 Å². The highest BCUT2D eigenvalue weighted by Crippen LogP contribution is 2.30. The third kappa shape index (κ3) is 2.45. The molecular formula is C9H10F3NO.